The van der Waals surface area contributed by atoms with Crippen molar-refractivity contribution in [1.82, 2.24) is 4.98 Å². The zero-order chi connectivity index (χ0) is 10.2. The maximum absolute atomic E-state index is 11.5. The van der Waals surface area contributed by atoms with Crippen molar-refractivity contribution in [2.24, 2.45) is 0 Å². The Morgan fingerprint density at radius 2 is 2.29 bits per heavy atom. The van der Waals surface area contributed by atoms with Gasteiger partial charge in [0.15, 0.2) is 0 Å². The highest BCUT2D eigenvalue weighted by atomic mass is 16.6. The van der Waals surface area contributed by atoms with Crippen LogP contribution in [0.1, 0.15) is 13.8 Å². The van der Waals surface area contributed by atoms with E-state index in [1.54, 1.807) is 17.2 Å². The van der Waals surface area contributed by atoms with E-state index in [1.165, 1.54) is 0 Å². The van der Waals surface area contributed by atoms with Gasteiger partial charge in [-0.15, -0.1) is 0 Å². The Labute approximate surface area is 82.5 Å². The summed E-state index contributed by atoms with van der Waals surface area (Å²) in [6.07, 6.45) is 1.34. The van der Waals surface area contributed by atoms with Gasteiger partial charge in [-0.1, -0.05) is 6.07 Å². The number of carbonyl (C=O) groups excluding carboxylic acids is 1. The highest BCUT2D eigenvalue weighted by Gasteiger charge is 2.41. The van der Waals surface area contributed by atoms with Crippen LogP contribution in [0, 0.1) is 0 Å². The first-order valence-electron chi connectivity index (χ1n) is 4.49. The lowest BCUT2D eigenvalue weighted by atomic mass is 10.1. The first kappa shape index (κ1) is 8.99. The second kappa shape index (κ2) is 2.97. The van der Waals surface area contributed by atoms with Crippen LogP contribution >= 0.6 is 0 Å². The molecule has 0 radical (unpaired) electrons. The summed E-state index contributed by atoms with van der Waals surface area (Å²) >= 11 is 0. The highest BCUT2D eigenvalue weighted by Crippen LogP contribution is 2.28. The number of hydrogen-bond donors (Lipinski definition) is 0. The Hall–Kier alpha value is -1.58. The van der Waals surface area contributed by atoms with Gasteiger partial charge in [-0.3, -0.25) is 4.90 Å². The topological polar surface area (TPSA) is 42.4 Å². The average molecular weight is 192 g/mol. The molecule has 4 nitrogen and oxygen atoms in total. The summed E-state index contributed by atoms with van der Waals surface area (Å²) < 4.78 is 4.98. The van der Waals surface area contributed by atoms with Crippen molar-refractivity contribution in [3.8, 4) is 0 Å². The van der Waals surface area contributed by atoms with Gasteiger partial charge in [0.25, 0.3) is 0 Å². The van der Waals surface area contributed by atoms with Crippen LogP contribution in [0.3, 0.4) is 0 Å². The molecule has 0 aromatic carbocycles. The van der Waals surface area contributed by atoms with Crippen LogP contribution in [0.5, 0.6) is 0 Å². The Morgan fingerprint density at radius 3 is 2.79 bits per heavy atom. The largest absolute Gasteiger partial charge is 0.447 e. The van der Waals surface area contributed by atoms with Gasteiger partial charge in [0.2, 0.25) is 0 Å². The van der Waals surface area contributed by atoms with Crippen molar-refractivity contribution < 1.29 is 9.53 Å². The standard InChI is InChI=1S/C10H12N2O2/c1-10(2)7-14-9(13)12(10)8-5-3-4-6-11-8/h3-6H,7H2,1-2H3. The summed E-state index contributed by atoms with van der Waals surface area (Å²) in [5.74, 6) is 0.639. The van der Waals surface area contributed by atoms with E-state index < -0.39 is 0 Å². The van der Waals surface area contributed by atoms with E-state index in [9.17, 15) is 4.79 Å². The normalized spacial score (nSPS) is 19.6. The summed E-state index contributed by atoms with van der Waals surface area (Å²) in [7, 11) is 0. The predicted molar refractivity (Wildman–Crippen MR) is 52.1 cm³/mol. The van der Waals surface area contributed by atoms with Crippen molar-refractivity contribution in [2.75, 3.05) is 11.5 Å². The fourth-order valence-corrected chi connectivity index (χ4v) is 1.50. The number of amides is 1. The molecule has 1 saturated heterocycles. The van der Waals surface area contributed by atoms with Crippen LogP contribution in [0.15, 0.2) is 24.4 Å². The van der Waals surface area contributed by atoms with Gasteiger partial charge in [0.05, 0.1) is 5.54 Å². The van der Waals surface area contributed by atoms with Crippen LogP contribution in [0.25, 0.3) is 0 Å². The molecular weight excluding hydrogens is 180 g/mol. The quantitative estimate of drug-likeness (QED) is 0.681. The maximum atomic E-state index is 11.5. The number of ether oxygens (including phenoxy) is 1. The molecule has 1 aromatic rings. The third-order valence-electron chi connectivity index (χ3n) is 2.22. The third kappa shape index (κ3) is 1.32. The number of rotatable bonds is 1. The zero-order valence-electron chi connectivity index (χ0n) is 8.23. The molecular formula is C10H12N2O2. The molecule has 0 bridgehead atoms. The van der Waals surface area contributed by atoms with Gasteiger partial charge in [-0.25, -0.2) is 9.78 Å². The molecule has 1 amide bonds. The van der Waals surface area contributed by atoms with E-state index in [4.69, 9.17) is 4.74 Å². The SMILES string of the molecule is CC1(C)COC(=O)N1c1ccccn1. The number of carbonyl (C=O) groups is 1. The number of anilines is 1. The van der Waals surface area contributed by atoms with Crippen molar-refractivity contribution in [1.29, 1.82) is 0 Å². The van der Waals surface area contributed by atoms with Crippen LogP contribution in [0.4, 0.5) is 10.6 Å². The molecule has 0 N–H and O–H groups in total. The number of cyclic esters (lactones) is 1. The summed E-state index contributed by atoms with van der Waals surface area (Å²) in [4.78, 5) is 17.2. The monoisotopic (exact) mass is 192 g/mol. The minimum atomic E-state index is -0.325. The van der Waals surface area contributed by atoms with E-state index in [2.05, 4.69) is 4.98 Å². The average Bonchev–Trinajstić information content (AvgIpc) is 2.42. The minimum absolute atomic E-state index is 0.314. The van der Waals surface area contributed by atoms with Crippen molar-refractivity contribution >= 4 is 11.9 Å². The van der Waals surface area contributed by atoms with Crippen LogP contribution < -0.4 is 4.90 Å². The second-order valence-electron chi connectivity index (χ2n) is 3.89. The fraction of sp³-hybridized carbons (Fsp3) is 0.400. The molecule has 1 fully saturated rings. The Balaban J connectivity index is 2.38. The van der Waals surface area contributed by atoms with Gasteiger partial charge < -0.3 is 4.74 Å². The highest BCUT2D eigenvalue weighted by molar-refractivity contribution is 5.90. The van der Waals surface area contributed by atoms with Gasteiger partial charge in [0, 0.05) is 6.20 Å². The number of hydrogen-bond acceptors (Lipinski definition) is 3. The number of nitrogens with zero attached hydrogens (tertiary/aromatic N) is 2. The lowest BCUT2D eigenvalue weighted by molar-refractivity contribution is 0.175. The Bertz CT molecular complexity index is 348. The van der Waals surface area contributed by atoms with Crippen molar-refractivity contribution in [3.05, 3.63) is 24.4 Å². The predicted octanol–water partition coefficient (Wildman–Crippen LogP) is 1.82. The third-order valence-corrected chi connectivity index (χ3v) is 2.22. The molecule has 2 heterocycles. The molecule has 0 spiro atoms. The second-order valence-corrected chi connectivity index (χ2v) is 3.89. The minimum Gasteiger partial charge on any atom is -0.447 e. The van der Waals surface area contributed by atoms with Gasteiger partial charge in [0.1, 0.15) is 12.4 Å². The first-order chi connectivity index (χ1) is 6.61. The summed E-state index contributed by atoms with van der Waals surface area (Å²) in [6.45, 7) is 4.31. The maximum Gasteiger partial charge on any atom is 0.416 e. The fourth-order valence-electron chi connectivity index (χ4n) is 1.50. The smallest absolute Gasteiger partial charge is 0.416 e. The number of pyridine rings is 1. The van der Waals surface area contributed by atoms with Crippen LogP contribution in [0.2, 0.25) is 0 Å². The van der Waals surface area contributed by atoms with E-state index in [0.717, 1.165) is 0 Å². The molecule has 0 unspecified atom stereocenters. The molecule has 0 saturated carbocycles. The van der Waals surface area contributed by atoms with E-state index in [1.807, 2.05) is 26.0 Å². The summed E-state index contributed by atoms with van der Waals surface area (Å²) in [5, 5.41) is 0. The van der Waals surface area contributed by atoms with Crippen molar-refractivity contribution in [2.45, 2.75) is 19.4 Å². The van der Waals surface area contributed by atoms with Crippen molar-refractivity contribution in [3.63, 3.8) is 0 Å². The van der Waals surface area contributed by atoms with Crippen LogP contribution in [-0.4, -0.2) is 23.2 Å². The molecule has 4 heteroatoms. The molecule has 1 aliphatic heterocycles. The van der Waals surface area contributed by atoms with E-state index >= 15 is 0 Å². The Kier molecular flexibility index (Phi) is 1.91. The first-order valence-corrected chi connectivity index (χ1v) is 4.49. The molecule has 0 atom stereocenters. The van der Waals surface area contributed by atoms with Crippen LogP contribution in [-0.2, 0) is 4.74 Å². The molecule has 2 rings (SSSR count). The lowest BCUT2D eigenvalue weighted by Crippen LogP contribution is -2.42. The molecule has 1 aromatic heterocycles. The molecule has 14 heavy (non-hydrogen) atoms. The van der Waals surface area contributed by atoms with Gasteiger partial charge >= 0.3 is 6.09 Å². The summed E-state index contributed by atoms with van der Waals surface area (Å²) in [6, 6.07) is 5.47. The number of aromatic nitrogens is 1. The lowest BCUT2D eigenvalue weighted by Gasteiger charge is -2.26. The van der Waals surface area contributed by atoms with Gasteiger partial charge in [-0.05, 0) is 26.0 Å². The molecule has 74 valence electrons. The summed E-state index contributed by atoms with van der Waals surface area (Å²) in [5.41, 5.74) is -0.314. The van der Waals surface area contributed by atoms with Gasteiger partial charge in [-0.2, -0.15) is 0 Å². The van der Waals surface area contributed by atoms with E-state index in [0.29, 0.717) is 12.4 Å². The molecule has 0 aliphatic carbocycles. The Morgan fingerprint density at radius 1 is 1.50 bits per heavy atom. The molecule has 1 aliphatic rings. The zero-order valence-corrected chi connectivity index (χ0v) is 8.23. The van der Waals surface area contributed by atoms with E-state index in [-0.39, 0.29) is 11.6 Å².